The number of hydrogen-bond acceptors (Lipinski definition) is 2. The topological polar surface area (TPSA) is 57.8 Å². The van der Waals surface area contributed by atoms with Gasteiger partial charge in [0.2, 0.25) is 0 Å². The first kappa shape index (κ1) is 10.4. The molecule has 1 aromatic heterocycles. The predicted octanol–water partition coefficient (Wildman–Crippen LogP) is 1.65. The van der Waals surface area contributed by atoms with Crippen LogP contribution in [0.1, 0.15) is 21.6 Å². The lowest BCUT2D eigenvalue weighted by Gasteiger charge is -2.03. The minimum absolute atomic E-state index is 0.102. The van der Waals surface area contributed by atoms with Crippen molar-refractivity contribution in [3.05, 3.63) is 53.3 Å². The Morgan fingerprint density at radius 1 is 1.38 bits per heavy atom. The van der Waals surface area contributed by atoms with Crippen LogP contribution in [0.5, 0.6) is 0 Å². The molecule has 1 heterocycles. The van der Waals surface area contributed by atoms with Gasteiger partial charge >= 0.3 is 0 Å². The first-order chi connectivity index (χ1) is 7.77. The van der Waals surface area contributed by atoms with E-state index in [2.05, 4.69) is 15.5 Å². The molecule has 0 aliphatic rings. The second-order valence-corrected chi connectivity index (χ2v) is 3.58. The molecule has 0 saturated heterocycles. The average Bonchev–Trinajstić information content (AvgIpc) is 2.74. The highest BCUT2D eigenvalue weighted by molar-refractivity contribution is 5.94. The Kier molecular flexibility index (Phi) is 3.00. The fraction of sp³-hybridized carbons (Fsp3) is 0.167. The summed E-state index contributed by atoms with van der Waals surface area (Å²) in [6.07, 6.45) is 1.54. The molecule has 2 N–H and O–H groups in total. The highest BCUT2D eigenvalue weighted by Gasteiger charge is 2.09. The minimum Gasteiger partial charge on any atom is -0.348 e. The van der Waals surface area contributed by atoms with Gasteiger partial charge in [-0.2, -0.15) is 5.10 Å². The molecular weight excluding hydrogens is 202 g/mol. The number of amides is 1. The number of nitrogens with one attached hydrogen (secondary N) is 2. The van der Waals surface area contributed by atoms with E-state index in [0.717, 1.165) is 11.3 Å². The van der Waals surface area contributed by atoms with Crippen LogP contribution < -0.4 is 5.32 Å². The van der Waals surface area contributed by atoms with E-state index in [1.54, 1.807) is 0 Å². The van der Waals surface area contributed by atoms with Crippen LogP contribution in [0.3, 0.4) is 0 Å². The Balaban J connectivity index is 1.97. The van der Waals surface area contributed by atoms with Gasteiger partial charge in [-0.3, -0.25) is 9.89 Å². The first-order valence-corrected chi connectivity index (χ1v) is 5.09. The number of aryl methyl sites for hydroxylation is 1. The lowest BCUT2D eigenvalue weighted by molar-refractivity contribution is 0.0950. The van der Waals surface area contributed by atoms with Gasteiger partial charge in [0, 0.05) is 12.2 Å². The summed E-state index contributed by atoms with van der Waals surface area (Å²) < 4.78 is 0. The van der Waals surface area contributed by atoms with E-state index in [1.165, 1.54) is 6.20 Å². The number of benzene rings is 1. The van der Waals surface area contributed by atoms with Gasteiger partial charge in [0.25, 0.3) is 5.91 Å². The smallest absolute Gasteiger partial charge is 0.255 e. The maximum atomic E-state index is 11.7. The van der Waals surface area contributed by atoms with E-state index in [9.17, 15) is 4.79 Å². The van der Waals surface area contributed by atoms with E-state index < -0.39 is 0 Å². The van der Waals surface area contributed by atoms with Gasteiger partial charge < -0.3 is 5.32 Å². The number of hydrogen-bond donors (Lipinski definition) is 2. The van der Waals surface area contributed by atoms with Gasteiger partial charge in [-0.1, -0.05) is 30.3 Å². The van der Waals surface area contributed by atoms with Crippen LogP contribution in [0.25, 0.3) is 0 Å². The Hall–Kier alpha value is -2.10. The van der Waals surface area contributed by atoms with Gasteiger partial charge in [-0.05, 0) is 12.5 Å². The second-order valence-electron chi connectivity index (χ2n) is 3.58. The summed E-state index contributed by atoms with van der Waals surface area (Å²) in [5.41, 5.74) is 2.46. The number of nitrogens with zero attached hydrogens (tertiary/aromatic N) is 1. The standard InChI is InChI=1S/C12H13N3O/c1-9-11(8-14-15-9)12(16)13-7-10-5-3-2-4-6-10/h2-6,8H,7H2,1H3,(H,13,16)(H,14,15). The Bertz CT molecular complexity index is 476. The Morgan fingerprint density at radius 2 is 2.12 bits per heavy atom. The summed E-state index contributed by atoms with van der Waals surface area (Å²) in [5.74, 6) is -0.102. The predicted molar refractivity (Wildman–Crippen MR) is 60.9 cm³/mol. The number of aromatic amines is 1. The molecule has 0 saturated carbocycles. The Labute approximate surface area is 93.7 Å². The molecule has 0 bridgehead atoms. The van der Waals surface area contributed by atoms with E-state index in [1.807, 2.05) is 37.3 Å². The SMILES string of the molecule is Cc1[nH]ncc1C(=O)NCc1ccccc1. The molecule has 0 unspecified atom stereocenters. The van der Waals surface area contributed by atoms with Crippen LogP contribution in [0.2, 0.25) is 0 Å². The zero-order chi connectivity index (χ0) is 11.4. The van der Waals surface area contributed by atoms with Crippen molar-refractivity contribution in [1.29, 1.82) is 0 Å². The summed E-state index contributed by atoms with van der Waals surface area (Å²) >= 11 is 0. The number of carbonyl (C=O) groups is 1. The van der Waals surface area contributed by atoms with Crippen LogP contribution in [-0.2, 0) is 6.54 Å². The summed E-state index contributed by atoms with van der Waals surface area (Å²) in [5, 5.41) is 9.39. The zero-order valence-corrected chi connectivity index (χ0v) is 9.03. The monoisotopic (exact) mass is 215 g/mol. The molecule has 0 spiro atoms. The van der Waals surface area contributed by atoms with E-state index >= 15 is 0 Å². The molecule has 0 fully saturated rings. The number of aromatic nitrogens is 2. The van der Waals surface area contributed by atoms with E-state index in [0.29, 0.717) is 12.1 Å². The van der Waals surface area contributed by atoms with Gasteiger partial charge in [0.15, 0.2) is 0 Å². The molecule has 1 aromatic carbocycles. The third-order valence-electron chi connectivity index (χ3n) is 2.37. The molecule has 2 aromatic rings. The van der Waals surface area contributed by atoms with Gasteiger partial charge in [0.05, 0.1) is 11.8 Å². The lowest BCUT2D eigenvalue weighted by atomic mass is 10.2. The summed E-state index contributed by atoms with van der Waals surface area (Å²) in [4.78, 5) is 11.7. The maximum Gasteiger partial charge on any atom is 0.255 e. The van der Waals surface area contributed by atoms with Crippen LogP contribution in [0.15, 0.2) is 36.5 Å². The van der Waals surface area contributed by atoms with Gasteiger partial charge in [0.1, 0.15) is 0 Å². The average molecular weight is 215 g/mol. The van der Waals surface area contributed by atoms with Crippen molar-refractivity contribution in [1.82, 2.24) is 15.5 Å². The fourth-order valence-corrected chi connectivity index (χ4v) is 1.45. The molecule has 0 radical (unpaired) electrons. The summed E-state index contributed by atoms with van der Waals surface area (Å²) in [6.45, 7) is 2.36. The van der Waals surface area contributed by atoms with Crippen molar-refractivity contribution >= 4 is 5.91 Å². The molecular formula is C12H13N3O. The highest BCUT2D eigenvalue weighted by atomic mass is 16.1. The van der Waals surface area contributed by atoms with Gasteiger partial charge in [-0.25, -0.2) is 0 Å². The molecule has 16 heavy (non-hydrogen) atoms. The van der Waals surface area contributed by atoms with Crippen molar-refractivity contribution < 1.29 is 4.79 Å². The molecule has 4 heteroatoms. The normalized spacial score (nSPS) is 10.1. The van der Waals surface area contributed by atoms with Crippen molar-refractivity contribution in [3.63, 3.8) is 0 Å². The lowest BCUT2D eigenvalue weighted by Crippen LogP contribution is -2.22. The van der Waals surface area contributed by atoms with Crippen molar-refractivity contribution in [3.8, 4) is 0 Å². The highest BCUT2D eigenvalue weighted by Crippen LogP contribution is 2.03. The Morgan fingerprint density at radius 3 is 2.75 bits per heavy atom. The molecule has 0 atom stereocenters. The van der Waals surface area contributed by atoms with Gasteiger partial charge in [-0.15, -0.1) is 0 Å². The number of H-pyrrole nitrogens is 1. The largest absolute Gasteiger partial charge is 0.348 e. The van der Waals surface area contributed by atoms with E-state index in [-0.39, 0.29) is 5.91 Å². The molecule has 0 aliphatic carbocycles. The third-order valence-corrected chi connectivity index (χ3v) is 2.37. The maximum absolute atomic E-state index is 11.7. The molecule has 4 nitrogen and oxygen atoms in total. The molecule has 2 rings (SSSR count). The van der Waals surface area contributed by atoms with Crippen LogP contribution in [0, 0.1) is 6.92 Å². The number of carbonyl (C=O) groups excluding carboxylic acids is 1. The minimum atomic E-state index is -0.102. The summed E-state index contributed by atoms with van der Waals surface area (Å²) in [7, 11) is 0. The van der Waals surface area contributed by atoms with Crippen LogP contribution in [-0.4, -0.2) is 16.1 Å². The molecule has 0 aliphatic heterocycles. The quantitative estimate of drug-likeness (QED) is 0.817. The van der Waals surface area contributed by atoms with Crippen molar-refractivity contribution in [2.75, 3.05) is 0 Å². The first-order valence-electron chi connectivity index (χ1n) is 5.09. The third kappa shape index (κ3) is 2.28. The summed E-state index contributed by atoms with van der Waals surface area (Å²) in [6, 6.07) is 9.80. The van der Waals surface area contributed by atoms with Crippen LogP contribution >= 0.6 is 0 Å². The molecule has 82 valence electrons. The number of rotatable bonds is 3. The van der Waals surface area contributed by atoms with E-state index in [4.69, 9.17) is 0 Å². The van der Waals surface area contributed by atoms with Crippen molar-refractivity contribution in [2.24, 2.45) is 0 Å². The zero-order valence-electron chi connectivity index (χ0n) is 9.03. The van der Waals surface area contributed by atoms with Crippen LogP contribution in [0.4, 0.5) is 0 Å². The molecule has 1 amide bonds. The fourth-order valence-electron chi connectivity index (χ4n) is 1.45. The second kappa shape index (κ2) is 4.61. The van der Waals surface area contributed by atoms with Crippen molar-refractivity contribution in [2.45, 2.75) is 13.5 Å².